The summed E-state index contributed by atoms with van der Waals surface area (Å²) in [6, 6.07) is -0.0556. The largest absolute Gasteiger partial charge is 0.335 e. The van der Waals surface area contributed by atoms with Gasteiger partial charge in [0.05, 0.1) is 17.1 Å². The van der Waals surface area contributed by atoms with Crippen LogP contribution in [0.3, 0.4) is 0 Å². The molecular formula is C17H26N6O. The molecule has 3 heterocycles. The van der Waals surface area contributed by atoms with Crippen molar-refractivity contribution < 1.29 is 4.79 Å². The second-order valence-electron chi connectivity index (χ2n) is 6.43. The zero-order valence-corrected chi connectivity index (χ0v) is 14.5. The first kappa shape index (κ1) is 16.5. The Balaban J connectivity index is 1.70. The molecule has 2 N–H and O–H groups in total. The van der Waals surface area contributed by atoms with Crippen LogP contribution in [0.15, 0.2) is 12.4 Å². The lowest BCUT2D eigenvalue weighted by atomic mass is 10.2. The van der Waals surface area contributed by atoms with E-state index in [1.807, 2.05) is 31.1 Å². The quantitative estimate of drug-likeness (QED) is 0.844. The van der Waals surface area contributed by atoms with E-state index >= 15 is 0 Å². The van der Waals surface area contributed by atoms with Gasteiger partial charge in [-0.25, -0.2) is 9.78 Å². The summed E-state index contributed by atoms with van der Waals surface area (Å²) in [7, 11) is 0. The van der Waals surface area contributed by atoms with E-state index in [1.54, 1.807) is 0 Å². The van der Waals surface area contributed by atoms with E-state index in [9.17, 15) is 4.79 Å². The van der Waals surface area contributed by atoms with Crippen molar-refractivity contribution in [3.8, 4) is 0 Å². The molecule has 130 valence electrons. The molecule has 1 aliphatic heterocycles. The molecule has 1 aliphatic rings. The molecular weight excluding hydrogens is 304 g/mol. The van der Waals surface area contributed by atoms with Crippen LogP contribution in [0.25, 0.3) is 0 Å². The lowest BCUT2D eigenvalue weighted by Crippen LogP contribution is -2.37. The molecule has 0 saturated heterocycles. The van der Waals surface area contributed by atoms with E-state index in [0.29, 0.717) is 6.54 Å². The van der Waals surface area contributed by atoms with Gasteiger partial charge in [0.2, 0.25) is 0 Å². The van der Waals surface area contributed by atoms with Crippen LogP contribution in [0, 0.1) is 13.8 Å². The Bertz CT molecular complexity index is 670. The van der Waals surface area contributed by atoms with E-state index in [1.165, 1.54) is 12.8 Å². The molecule has 0 aromatic carbocycles. The van der Waals surface area contributed by atoms with Crippen LogP contribution in [-0.4, -0.2) is 43.8 Å². The molecule has 3 rings (SSSR count). The standard InChI is InChI=1S/C17H26N6O/c1-13-16(14(2)21-20-13)19-17(24)23-10-6-4-3-5-9-22-12-8-18-15(22)7-11-23/h8,12H,3-7,9-11H2,1-2H3,(H,19,24)(H,20,21). The molecule has 24 heavy (non-hydrogen) atoms. The lowest BCUT2D eigenvalue weighted by Gasteiger charge is -2.23. The third-order valence-electron chi connectivity index (χ3n) is 4.63. The van der Waals surface area contributed by atoms with Gasteiger partial charge in [0.15, 0.2) is 0 Å². The molecule has 0 aliphatic carbocycles. The Kier molecular flexibility index (Phi) is 5.17. The molecule has 0 bridgehead atoms. The van der Waals surface area contributed by atoms with E-state index < -0.39 is 0 Å². The molecule has 0 radical (unpaired) electrons. The summed E-state index contributed by atoms with van der Waals surface area (Å²) in [6.45, 7) is 6.29. The number of H-pyrrole nitrogens is 1. The summed E-state index contributed by atoms with van der Waals surface area (Å²) in [4.78, 5) is 19.1. The lowest BCUT2D eigenvalue weighted by molar-refractivity contribution is 0.210. The zero-order valence-electron chi connectivity index (χ0n) is 14.5. The Hall–Kier alpha value is -2.31. The van der Waals surface area contributed by atoms with E-state index in [2.05, 4.69) is 25.1 Å². The van der Waals surface area contributed by atoms with E-state index in [0.717, 1.165) is 55.3 Å². The fourth-order valence-electron chi connectivity index (χ4n) is 3.18. The van der Waals surface area contributed by atoms with Crippen LogP contribution in [-0.2, 0) is 13.0 Å². The Labute approximate surface area is 142 Å². The number of hydrogen-bond donors (Lipinski definition) is 2. The highest BCUT2D eigenvalue weighted by molar-refractivity contribution is 5.90. The number of anilines is 1. The molecule has 7 nitrogen and oxygen atoms in total. The number of carbonyl (C=O) groups is 1. The second kappa shape index (κ2) is 7.51. The number of carbonyl (C=O) groups excluding carboxylic acids is 1. The maximum atomic E-state index is 12.7. The third kappa shape index (κ3) is 3.77. The maximum absolute atomic E-state index is 12.7. The van der Waals surface area contributed by atoms with Crippen molar-refractivity contribution in [3.05, 3.63) is 29.6 Å². The van der Waals surface area contributed by atoms with Crippen LogP contribution in [0.5, 0.6) is 0 Å². The van der Waals surface area contributed by atoms with Crippen molar-refractivity contribution >= 4 is 11.7 Å². The summed E-state index contributed by atoms with van der Waals surface area (Å²) >= 11 is 0. The number of urea groups is 1. The van der Waals surface area contributed by atoms with E-state index in [-0.39, 0.29) is 6.03 Å². The smallest absolute Gasteiger partial charge is 0.321 e. The topological polar surface area (TPSA) is 78.8 Å². The molecule has 7 heteroatoms. The molecule has 0 fully saturated rings. The number of amides is 2. The third-order valence-corrected chi connectivity index (χ3v) is 4.63. The number of rotatable bonds is 1. The van der Waals surface area contributed by atoms with Gasteiger partial charge in [-0.15, -0.1) is 0 Å². The summed E-state index contributed by atoms with van der Waals surface area (Å²) in [5, 5.41) is 10.1. The van der Waals surface area contributed by atoms with Crippen LogP contribution < -0.4 is 5.32 Å². The molecule has 2 aromatic rings. The summed E-state index contributed by atoms with van der Waals surface area (Å²) in [5.41, 5.74) is 2.49. The van der Waals surface area contributed by atoms with Crippen molar-refractivity contribution in [3.63, 3.8) is 0 Å². The minimum Gasteiger partial charge on any atom is -0.335 e. The van der Waals surface area contributed by atoms with Crippen LogP contribution in [0.4, 0.5) is 10.5 Å². The van der Waals surface area contributed by atoms with Gasteiger partial charge in [0.1, 0.15) is 5.82 Å². The van der Waals surface area contributed by atoms with Gasteiger partial charge >= 0.3 is 6.03 Å². The van der Waals surface area contributed by atoms with Crippen molar-refractivity contribution in [2.24, 2.45) is 0 Å². The first-order chi connectivity index (χ1) is 11.6. The first-order valence-electron chi connectivity index (χ1n) is 8.72. The van der Waals surface area contributed by atoms with Gasteiger partial charge < -0.3 is 14.8 Å². The molecule has 0 unspecified atom stereocenters. The molecule has 2 aromatic heterocycles. The van der Waals surface area contributed by atoms with Gasteiger partial charge in [-0.2, -0.15) is 5.10 Å². The molecule has 0 spiro atoms. The highest BCUT2D eigenvalue weighted by Gasteiger charge is 2.18. The summed E-state index contributed by atoms with van der Waals surface area (Å²) < 4.78 is 2.21. The van der Waals surface area contributed by atoms with Crippen molar-refractivity contribution in [2.75, 3.05) is 18.4 Å². The number of hydrogen-bond acceptors (Lipinski definition) is 3. The Morgan fingerprint density at radius 3 is 2.71 bits per heavy atom. The number of aryl methyl sites for hydroxylation is 3. The SMILES string of the molecule is Cc1n[nH]c(C)c1NC(=O)N1CCCCCCn2ccnc2CC1. The number of nitrogens with zero attached hydrogens (tertiary/aromatic N) is 4. The average Bonchev–Trinajstić information content (AvgIpc) is 3.13. The monoisotopic (exact) mass is 330 g/mol. The minimum absolute atomic E-state index is 0.0556. The Morgan fingerprint density at radius 2 is 1.96 bits per heavy atom. The highest BCUT2D eigenvalue weighted by atomic mass is 16.2. The molecule has 2 amide bonds. The highest BCUT2D eigenvalue weighted by Crippen LogP contribution is 2.17. The predicted octanol–water partition coefficient (Wildman–Crippen LogP) is 2.87. The number of fused-ring (bicyclic) bond motifs is 1. The fourth-order valence-corrected chi connectivity index (χ4v) is 3.18. The van der Waals surface area contributed by atoms with Gasteiger partial charge in [-0.3, -0.25) is 5.10 Å². The molecule has 0 saturated carbocycles. The number of nitrogens with one attached hydrogen (secondary N) is 2. The van der Waals surface area contributed by atoms with E-state index in [4.69, 9.17) is 0 Å². The molecule has 0 atom stereocenters. The average molecular weight is 330 g/mol. The normalized spacial score (nSPS) is 16.3. The van der Waals surface area contributed by atoms with Crippen LogP contribution in [0.1, 0.15) is 42.9 Å². The first-order valence-corrected chi connectivity index (χ1v) is 8.72. The Morgan fingerprint density at radius 1 is 1.17 bits per heavy atom. The number of imidazole rings is 1. The number of aromatic amines is 1. The van der Waals surface area contributed by atoms with Crippen molar-refractivity contribution in [1.29, 1.82) is 0 Å². The van der Waals surface area contributed by atoms with Crippen molar-refractivity contribution in [2.45, 2.75) is 52.5 Å². The van der Waals surface area contributed by atoms with Crippen LogP contribution >= 0.6 is 0 Å². The van der Waals surface area contributed by atoms with Gasteiger partial charge in [-0.05, 0) is 26.7 Å². The summed E-state index contributed by atoms with van der Waals surface area (Å²) in [6.07, 6.45) is 9.22. The minimum atomic E-state index is -0.0556. The fraction of sp³-hybridized carbons (Fsp3) is 0.588. The second-order valence-corrected chi connectivity index (χ2v) is 6.43. The zero-order chi connectivity index (χ0) is 16.9. The van der Waals surface area contributed by atoms with Crippen molar-refractivity contribution in [1.82, 2.24) is 24.6 Å². The maximum Gasteiger partial charge on any atom is 0.321 e. The van der Waals surface area contributed by atoms with Crippen LogP contribution in [0.2, 0.25) is 0 Å². The summed E-state index contributed by atoms with van der Waals surface area (Å²) in [5.74, 6) is 1.06. The predicted molar refractivity (Wildman–Crippen MR) is 93.1 cm³/mol. The van der Waals surface area contributed by atoms with Gasteiger partial charge in [0.25, 0.3) is 0 Å². The van der Waals surface area contributed by atoms with Gasteiger partial charge in [-0.1, -0.05) is 12.8 Å². The number of aromatic nitrogens is 4. The van der Waals surface area contributed by atoms with Gasteiger partial charge in [0, 0.05) is 38.4 Å².